The summed E-state index contributed by atoms with van der Waals surface area (Å²) in [4.78, 5) is 0. The van der Waals surface area contributed by atoms with E-state index in [0.29, 0.717) is 0 Å². The molecule has 0 saturated carbocycles. The molecule has 1 aliphatic heterocycles. The zero-order valence-electron chi connectivity index (χ0n) is 9.22. The van der Waals surface area contributed by atoms with E-state index in [2.05, 4.69) is 37.7 Å². The summed E-state index contributed by atoms with van der Waals surface area (Å²) in [6.45, 7) is 8.37. The molecule has 1 fully saturated rings. The molecule has 0 bridgehead atoms. The van der Waals surface area contributed by atoms with Crippen molar-refractivity contribution in [1.29, 1.82) is 0 Å². The minimum absolute atomic E-state index is 0.0151. The van der Waals surface area contributed by atoms with Gasteiger partial charge in [-0.2, -0.15) is 0 Å². The third-order valence-corrected chi connectivity index (χ3v) is 2.98. The number of piperidine rings is 1. The fourth-order valence-corrected chi connectivity index (χ4v) is 2.98. The van der Waals surface area contributed by atoms with Crippen LogP contribution >= 0.6 is 0 Å². The highest BCUT2D eigenvalue weighted by Gasteiger charge is 2.37. The van der Waals surface area contributed by atoms with Crippen LogP contribution in [0.25, 0.3) is 0 Å². The van der Waals surface area contributed by atoms with Gasteiger partial charge in [0.25, 0.3) is 0 Å². The van der Waals surface area contributed by atoms with Crippen molar-refractivity contribution in [2.75, 3.05) is 0 Å². The van der Waals surface area contributed by atoms with Gasteiger partial charge in [0.1, 0.15) is 0 Å². The van der Waals surface area contributed by atoms with Gasteiger partial charge in [0.05, 0.1) is 0 Å². The molecule has 5 heteroatoms. The van der Waals surface area contributed by atoms with E-state index in [1.54, 1.807) is 0 Å². The second kappa shape index (κ2) is 3.89. The Kier molecular flexibility index (Phi) is 3.36. The molecule has 1 unspecified atom stereocenters. The molecule has 1 saturated heterocycles. The molecule has 84 valence electrons. The van der Waals surface area contributed by atoms with E-state index in [-0.39, 0.29) is 17.1 Å². The third kappa shape index (κ3) is 3.65. The zero-order valence-corrected chi connectivity index (χ0v) is 10.0. The van der Waals surface area contributed by atoms with Crippen LogP contribution in [-0.2, 0) is 11.3 Å². The molecule has 0 aromatic rings. The predicted molar refractivity (Wildman–Crippen MR) is 56.4 cm³/mol. The van der Waals surface area contributed by atoms with Crippen molar-refractivity contribution in [2.24, 2.45) is 0 Å². The summed E-state index contributed by atoms with van der Waals surface area (Å²) in [5, 5.41) is 3.49. The van der Waals surface area contributed by atoms with Crippen molar-refractivity contribution in [1.82, 2.24) is 10.0 Å². The lowest BCUT2D eigenvalue weighted by Gasteiger charge is -2.46. The fraction of sp³-hybridized carbons (Fsp3) is 1.00. The summed E-state index contributed by atoms with van der Waals surface area (Å²) < 4.78 is 23.7. The molecule has 0 spiro atoms. The zero-order chi connectivity index (χ0) is 11.0. The van der Waals surface area contributed by atoms with Crippen molar-refractivity contribution in [3.8, 4) is 0 Å². The summed E-state index contributed by atoms with van der Waals surface area (Å²) in [6.07, 6.45) is 1.65. The van der Waals surface area contributed by atoms with Gasteiger partial charge < -0.3 is 9.87 Å². The van der Waals surface area contributed by atoms with Crippen molar-refractivity contribution in [3.63, 3.8) is 0 Å². The Balaban J connectivity index is 2.66. The van der Waals surface area contributed by atoms with Gasteiger partial charge in [0.2, 0.25) is 0 Å². The molecule has 0 aliphatic carbocycles. The van der Waals surface area contributed by atoms with Crippen LogP contribution in [0.15, 0.2) is 0 Å². The molecular weight excluding hydrogens is 200 g/mol. The average molecular weight is 219 g/mol. The summed E-state index contributed by atoms with van der Waals surface area (Å²) in [7, 11) is 0. The van der Waals surface area contributed by atoms with Gasteiger partial charge in [-0.05, 0) is 40.5 Å². The Morgan fingerprint density at radius 1 is 1.29 bits per heavy atom. The first-order valence-corrected chi connectivity index (χ1v) is 5.92. The maximum absolute atomic E-state index is 10.6. The highest BCUT2D eigenvalue weighted by molar-refractivity contribution is 7.77. The highest BCUT2D eigenvalue weighted by atomic mass is 32.2. The van der Waals surface area contributed by atoms with Crippen LogP contribution in [-0.4, -0.2) is 25.9 Å². The molecule has 1 heterocycles. The van der Waals surface area contributed by atoms with Crippen LogP contribution in [0.1, 0.15) is 40.5 Å². The van der Waals surface area contributed by atoms with Gasteiger partial charge in [-0.1, -0.05) is 0 Å². The largest absolute Gasteiger partial charge is 0.760 e. The van der Waals surface area contributed by atoms with Crippen molar-refractivity contribution in [2.45, 2.75) is 57.7 Å². The third-order valence-electron chi connectivity index (χ3n) is 2.45. The first-order chi connectivity index (χ1) is 6.20. The maximum atomic E-state index is 10.6. The average Bonchev–Trinajstić information content (AvgIpc) is 1.74. The highest BCUT2D eigenvalue weighted by Crippen LogP contribution is 2.28. The standard InChI is InChI=1S/C9H20N2O2S/c1-8(2)5-7(10-14(12)13)6-9(3,4)11-8/h7,10-11H,5-6H2,1-4H3,(H,12,13)/p-1. The minimum atomic E-state index is -2.16. The van der Waals surface area contributed by atoms with Gasteiger partial charge in [0.15, 0.2) is 0 Å². The van der Waals surface area contributed by atoms with Crippen LogP contribution < -0.4 is 10.0 Å². The number of nitrogens with one attached hydrogen (secondary N) is 2. The molecule has 14 heavy (non-hydrogen) atoms. The van der Waals surface area contributed by atoms with E-state index in [9.17, 15) is 8.76 Å². The summed E-state index contributed by atoms with van der Waals surface area (Å²) in [5.74, 6) is 0. The van der Waals surface area contributed by atoms with Crippen LogP contribution in [0.2, 0.25) is 0 Å². The topological polar surface area (TPSA) is 64.2 Å². The second-order valence-electron chi connectivity index (χ2n) is 5.35. The van der Waals surface area contributed by atoms with Crippen LogP contribution in [0, 0.1) is 0 Å². The molecule has 0 aromatic heterocycles. The van der Waals surface area contributed by atoms with Gasteiger partial charge >= 0.3 is 0 Å². The molecular formula is C9H19N2O2S-. The van der Waals surface area contributed by atoms with Gasteiger partial charge in [0, 0.05) is 28.4 Å². The molecule has 1 aliphatic rings. The van der Waals surface area contributed by atoms with Gasteiger partial charge in [-0.15, -0.1) is 0 Å². The first kappa shape index (κ1) is 12.1. The summed E-state index contributed by atoms with van der Waals surface area (Å²) in [5.41, 5.74) is -0.0302. The van der Waals surface area contributed by atoms with E-state index < -0.39 is 11.3 Å². The minimum Gasteiger partial charge on any atom is -0.760 e. The van der Waals surface area contributed by atoms with Crippen LogP contribution in [0.4, 0.5) is 0 Å². The fourth-order valence-electron chi connectivity index (χ4n) is 2.54. The molecule has 4 nitrogen and oxygen atoms in total. The Morgan fingerprint density at radius 3 is 2.07 bits per heavy atom. The van der Waals surface area contributed by atoms with Crippen LogP contribution in [0.3, 0.4) is 0 Å². The predicted octanol–water partition coefficient (Wildman–Crippen LogP) is 0.679. The van der Waals surface area contributed by atoms with Crippen molar-refractivity contribution >= 4 is 11.3 Å². The van der Waals surface area contributed by atoms with Gasteiger partial charge in [-0.3, -0.25) is 4.21 Å². The Hall–Kier alpha value is 0.0300. The normalized spacial score (nSPS) is 28.6. The SMILES string of the molecule is CC1(C)CC(NS(=O)[O-])CC(C)(C)N1. The number of hydrogen-bond donors (Lipinski definition) is 2. The molecule has 0 amide bonds. The summed E-state index contributed by atoms with van der Waals surface area (Å²) >= 11 is -2.16. The quantitative estimate of drug-likeness (QED) is 0.671. The second-order valence-corrected chi connectivity index (χ2v) is 6.06. The molecule has 1 rings (SSSR count). The lowest BCUT2D eigenvalue weighted by molar-refractivity contribution is 0.156. The lowest BCUT2D eigenvalue weighted by Crippen LogP contribution is -2.61. The van der Waals surface area contributed by atoms with Crippen molar-refractivity contribution in [3.05, 3.63) is 0 Å². The van der Waals surface area contributed by atoms with Gasteiger partial charge in [-0.25, -0.2) is 4.72 Å². The number of rotatable bonds is 2. The Morgan fingerprint density at radius 2 is 1.71 bits per heavy atom. The van der Waals surface area contributed by atoms with E-state index >= 15 is 0 Å². The Labute approximate surface area is 88.3 Å². The number of hydrogen-bond acceptors (Lipinski definition) is 3. The van der Waals surface area contributed by atoms with E-state index in [4.69, 9.17) is 0 Å². The van der Waals surface area contributed by atoms with E-state index in [1.807, 2.05) is 0 Å². The van der Waals surface area contributed by atoms with Crippen LogP contribution in [0.5, 0.6) is 0 Å². The molecule has 0 aromatic carbocycles. The van der Waals surface area contributed by atoms with E-state index in [1.165, 1.54) is 0 Å². The van der Waals surface area contributed by atoms with E-state index in [0.717, 1.165) is 12.8 Å². The first-order valence-electron chi connectivity index (χ1n) is 4.85. The maximum Gasteiger partial charge on any atom is 0.0219 e. The molecule has 2 N–H and O–H groups in total. The van der Waals surface area contributed by atoms with Crippen molar-refractivity contribution < 1.29 is 8.76 Å². The molecule has 0 radical (unpaired) electrons. The monoisotopic (exact) mass is 219 g/mol. The smallest absolute Gasteiger partial charge is 0.0219 e. The Bertz CT molecular complexity index is 225. The lowest BCUT2D eigenvalue weighted by atomic mass is 9.80. The summed E-state index contributed by atoms with van der Waals surface area (Å²) in [6, 6.07) is 0.0413. The molecule has 1 atom stereocenters.